The molecule has 0 N–H and O–H groups in total. The lowest BCUT2D eigenvalue weighted by Crippen LogP contribution is -2.14. The molecule has 1 aliphatic rings. The van der Waals surface area contributed by atoms with Crippen molar-refractivity contribution in [2.45, 2.75) is 52.0 Å². The molecule has 0 unspecified atom stereocenters. The second-order valence-corrected chi connectivity index (χ2v) is 5.77. The molecule has 3 nitrogen and oxygen atoms in total. The van der Waals surface area contributed by atoms with Gasteiger partial charge in [0.2, 0.25) is 0 Å². The van der Waals surface area contributed by atoms with E-state index in [0.29, 0.717) is 11.9 Å². The van der Waals surface area contributed by atoms with E-state index in [1.165, 1.54) is 12.8 Å². The molecular weight excluding hydrogens is 210 g/mol. The fourth-order valence-corrected chi connectivity index (χ4v) is 1.98. The van der Waals surface area contributed by atoms with E-state index in [1.54, 1.807) is 0 Å². The van der Waals surface area contributed by atoms with Crippen LogP contribution in [0.25, 0.3) is 0 Å². The number of aromatic nitrogens is 3. The molecule has 15 heavy (non-hydrogen) atoms. The number of alkyl halides is 1. The molecule has 0 radical (unpaired) electrons. The largest absolute Gasteiger partial charge is 0.311 e. The van der Waals surface area contributed by atoms with Crippen LogP contribution in [0, 0.1) is 5.41 Å². The van der Waals surface area contributed by atoms with Gasteiger partial charge < -0.3 is 4.57 Å². The van der Waals surface area contributed by atoms with Crippen molar-refractivity contribution in [1.82, 2.24) is 14.8 Å². The van der Waals surface area contributed by atoms with Crippen LogP contribution in [0.4, 0.5) is 0 Å². The van der Waals surface area contributed by atoms with E-state index in [2.05, 4.69) is 35.5 Å². The summed E-state index contributed by atoms with van der Waals surface area (Å²) in [7, 11) is 0. The first-order chi connectivity index (χ1) is 7.01. The van der Waals surface area contributed by atoms with Crippen LogP contribution in [0.15, 0.2) is 0 Å². The molecule has 1 fully saturated rings. The normalized spacial score (nSPS) is 17.1. The van der Waals surface area contributed by atoms with Crippen molar-refractivity contribution < 1.29 is 0 Å². The Bertz CT molecular complexity index is 347. The SMILES string of the molecule is CC(C)(C)Cc1nnc(CCl)n1C1CC1. The zero-order chi connectivity index (χ0) is 11.1. The van der Waals surface area contributed by atoms with Crippen LogP contribution in [-0.2, 0) is 12.3 Å². The van der Waals surface area contributed by atoms with Crippen molar-refractivity contribution in [3.8, 4) is 0 Å². The number of nitrogens with zero attached hydrogens (tertiary/aromatic N) is 3. The molecule has 84 valence electrons. The summed E-state index contributed by atoms with van der Waals surface area (Å²) >= 11 is 5.87. The van der Waals surface area contributed by atoms with Gasteiger partial charge >= 0.3 is 0 Å². The van der Waals surface area contributed by atoms with Gasteiger partial charge in [-0.15, -0.1) is 21.8 Å². The van der Waals surface area contributed by atoms with Crippen molar-refractivity contribution >= 4 is 11.6 Å². The van der Waals surface area contributed by atoms with Gasteiger partial charge in [-0.1, -0.05) is 20.8 Å². The molecule has 0 amide bonds. The first-order valence-electron chi connectivity index (χ1n) is 5.50. The van der Waals surface area contributed by atoms with Gasteiger partial charge in [0.05, 0.1) is 5.88 Å². The highest BCUT2D eigenvalue weighted by Gasteiger charge is 2.30. The smallest absolute Gasteiger partial charge is 0.148 e. The summed E-state index contributed by atoms with van der Waals surface area (Å²) in [5.74, 6) is 2.49. The summed E-state index contributed by atoms with van der Waals surface area (Å²) in [6.07, 6.45) is 3.46. The molecule has 1 saturated carbocycles. The average Bonchev–Trinajstić information content (AvgIpc) is 2.87. The minimum absolute atomic E-state index is 0.253. The van der Waals surface area contributed by atoms with Crippen LogP contribution in [0.5, 0.6) is 0 Å². The standard InChI is InChI=1S/C11H18ClN3/c1-11(2,3)6-9-13-14-10(7-12)15(9)8-4-5-8/h8H,4-7H2,1-3H3. The van der Waals surface area contributed by atoms with Crippen LogP contribution in [0.3, 0.4) is 0 Å². The second-order valence-electron chi connectivity index (χ2n) is 5.50. The lowest BCUT2D eigenvalue weighted by molar-refractivity contribution is 0.391. The van der Waals surface area contributed by atoms with Crippen LogP contribution < -0.4 is 0 Å². The summed E-state index contributed by atoms with van der Waals surface area (Å²) in [4.78, 5) is 0. The first kappa shape index (κ1) is 10.9. The van der Waals surface area contributed by atoms with E-state index < -0.39 is 0 Å². The molecule has 1 aliphatic carbocycles. The van der Waals surface area contributed by atoms with Gasteiger partial charge in [-0.25, -0.2) is 0 Å². The number of rotatable bonds is 3. The zero-order valence-corrected chi connectivity index (χ0v) is 10.4. The molecule has 0 spiro atoms. The lowest BCUT2D eigenvalue weighted by Gasteiger charge is -2.18. The van der Waals surface area contributed by atoms with Crippen LogP contribution in [-0.4, -0.2) is 14.8 Å². The zero-order valence-electron chi connectivity index (χ0n) is 9.63. The van der Waals surface area contributed by atoms with E-state index in [4.69, 9.17) is 11.6 Å². The van der Waals surface area contributed by atoms with Gasteiger partial charge in [-0.2, -0.15) is 0 Å². The Balaban J connectivity index is 2.26. The van der Waals surface area contributed by atoms with Crippen molar-refractivity contribution in [1.29, 1.82) is 0 Å². The summed E-state index contributed by atoms with van der Waals surface area (Å²) < 4.78 is 2.25. The molecule has 1 aromatic rings. The molecule has 0 saturated heterocycles. The van der Waals surface area contributed by atoms with Gasteiger partial charge in [0, 0.05) is 12.5 Å². The van der Waals surface area contributed by atoms with Crippen LogP contribution in [0.1, 0.15) is 51.3 Å². The second kappa shape index (κ2) is 3.78. The first-order valence-corrected chi connectivity index (χ1v) is 6.03. The van der Waals surface area contributed by atoms with Gasteiger partial charge in [0.25, 0.3) is 0 Å². The van der Waals surface area contributed by atoms with E-state index in [0.717, 1.165) is 18.1 Å². The highest BCUT2D eigenvalue weighted by atomic mass is 35.5. The molecule has 1 aromatic heterocycles. The molecule has 2 rings (SSSR count). The summed E-state index contributed by atoms with van der Waals surface area (Å²) in [5.41, 5.74) is 0.253. The van der Waals surface area contributed by atoms with Gasteiger partial charge in [0.15, 0.2) is 0 Å². The Morgan fingerprint density at radius 1 is 1.27 bits per heavy atom. The van der Waals surface area contributed by atoms with Crippen LogP contribution >= 0.6 is 11.6 Å². The van der Waals surface area contributed by atoms with Gasteiger partial charge in [0.1, 0.15) is 11.6 Å². The maximum Gasteiger partial charge on any atom is 0.148 e. The maximum atomic E-state index is 5.87. The Morgan fingerprint density at radius 2 is 1.87 bits per heavy atom. The molecule has 4 heteroatoms. The quantitative estimate of drug-likeness (QED) is 0.744. The summed E-state index contributed by atoms with van der Waals surface area (Å²) in [6, 6.07) is 0.617. The predicted octanol–water partition coefficient (Wildman–Crippen LogP) is 2.94. The van der Waals surface area contributed by atoms with Gasteiger partial charge in [-0.3, -0.25) is 0 Å². The Kier molecular flexibility index (Phi) is 2.75. The highest BCUT2D eigenvalue weighted by Crippen LogP contribution is 2.37. The number of hydrogen-bond acceptors (Lipinski definition) is 2. The van der Waals surface area contributed by atoms with Crippen molar-refractivity contribution in [3.63, 3.8) is 0 Å². The van der Waals surface area contributed by atoms with Crippen molar-refractivity contribution in [2.24, 2.45) is 5.41 Å². The highest BCUT2D eigenvalue weighted by molar-refractivity contribution is 6.16. The van der Waals surface area contributed by atoms with Gasteiger partial charge in [-0.05, 0) is 18.3 Å². The molecule has 0 aliphatic heterocycles. The Morgan fingerprint density at radius 3 is 2.33 bits per heavy atom. The van der Waals surface area contributed by atoms with E-state index in [9.17, 15) is 0 Å². The van der Waals surface area contributed by atoms with E-state index in [1.807, 2.05) is 0 Å². The molecular formula is C11H18ClN3. The van der Waals surface area contributed by atoms with E-state index >= 15 is 0 Å². The minimum atomic E-state index is 0.253. The maximum absolute atomic E-state index is 5.87. The Labute approximate surface area is 95.8 Å². The van der Waals surface area contributed by atoms with E-state index in [-0.39, 0.29) is 5.41 Å². The third-order valence-electron chi connectivity index (χ3n) is 2.56. The number of hydrogen-bond donors (Lipinski definition) is 0. The third-order valence-corrected chi connectivity index (χ3v) is 2.80. The van der Waals surface area contributed by atoms with Crippen molar-refractivity contribution in [2.75, 3.05) is 0 Å². The summed E-state index contributed by atoms with van der Waals surface area (Å²) in [5, 5.41) is 8.42. The fraction of sp³-hybridized carbons (Fsp3) is 0.818. The van der Waals surface area contributed by atoms with Crippen molar-refractivity contribution in [3.05, 3.63) is 11.6 Å². The molecule has 0 atom stereocenters. The predicted molar refractivity (Wildman–Crippen MR) is 61.0 cm³/mol. The number of halogens is 1. The molecule has 1 heterocycles. The molecule has 0 bridgehead atoms. The van der Waals surface area contributed by atoms with Crippen LogP contribution in [0.2, 0.25) is 0 Å². The monoisotopic (exact) mass is 227 g/mol. The third kappa shape index (κ3) is 2.51. The minimum Gasteiger partial charge on any atom is -0.311 e. The average molecular weight is 228 g/mol. The topological polar surface area (TPSA) is 30.7 Å². The Hall–Kier alpha value is -0.570. The lowest BCUT2D eigenvalue weighted by atomic mass is 9.92. The molecule has 0 aromatic carbocycles. The fourth-order valence-electron chi connectivity index (χ4n) is 1.80. The summed E-state index contributed by atoms with van der Waals surface area (Å²) in [6.45, 7) is 6.66.